The number of nitrogens with one attached hydrogen (secondary N) is 2. The number of fused-ring (bicyclic) bond motifs is 1. The van der Waals surface area contributed by atoms with Crippen LogP contribution in [0.1, 0.15) is 31.1 Å². The van der Waals surface area contributed by atoms with Crippen LogP contribution < -0.4 is 10.6 Å². The molecule has 0 aliphatic carbocycles. The summed E-state index contributed by atoms with van der Waals surface area (Å²) in [5.74, 6) is 0.788. The SMILES string of the molecule is O=C(O)Cc1nc2n(n1)C(C1CCCNC1)CCN2. The largest absolute Gasteiger partial charge is 0.481 e. The fourth-order valence-electron chi connectivity index (χ4n) is 3.03. The summed E-state index contributed by atoms with van der Waals surface area (Å²) in [5, 5.41) is 19.8. The van der Waals surface area contributed by atoms with Gasteiger partial charge in [0.25, 0.3) is 0 Å². The molecule has 0 saturated carbocycles. The van der Waals surface area contributed by atoms with Crippen molar-refractivity contribution in [3.63, 3.8) is 0 Å². The third-order valence-corrected chi connectivity index (χ3v) is 3.90. The van der Waals surface area contributed by atoms with E-state index in [-0.39, 0.29) is 6.42 Å². The van der Waals surface area contributed by atoms with Crippen LogP contribution in [0.3, 0.4) is 0 Å². The monoisotopic (exact) mass is 265 g/mol. The Hall–Kier alpha value is -1.63. The average molecular weight is 265 g/mol. The number of carboxylic acids is 1. The van der Waals surface area contributed by atoms with E-state index in [1.165, 1.54) is 12.8 Å². The summed E-state index contributed by atoms with van der Waals surface area (Å²) in [5.41, 5.74) is 0. The molecular formula is C12H19N5O2. The van der Waals surface area contributed by atoms with Gasteiger partial charge in [0.2, 0.25) is 5.95 Å². The van der Waals surface area contributed by atoms with Crippen LogP contribution in [0.25, 0.3) is 0 Å². The number of aliphatic carboxylic acids is 1. The third-order valence-electron chi connectivity index (χ3n) is 3.90. The summed E-state index contributed by atoms with van der Waals surface area (Å²) >= 11 is 0. The van der Waals surface area contributed by atoms with E-state index in [2.05, 4.69) is 20.7 Å². The first-order valence-electron chi connectivity index (χ1n) is 6.86. The lowest BCUT2D eigenvalue weighted by molar-refractivity contribution is -0.136. The number of anilines is 1. The molecule has 2 aliphatic rings. The zero-order valence-corrected chi connectivity index (χ0v) is 10.8. The average Bonchev–Trinajstić information content (AvgIpc) is 2.80. The minimum absolute atomic E-state index is 0.114. The van der Waals surface area contributed by atoms with Gasteiger partial charge in [-0.15, -0.1) is 0 Å². The van der Waals surface area contributed by atoms with Gasteiger partial charge < -0.3 is 15.7 Å². The topological polar surface area (TPSA) is 92.1 Å². The number of nitrogens with zero attached hydrogens (tertiary/aromatic N) is 3. The molecule has 1 aromatic heterocycles. The Labute approximate surface area is 111 Å². The molecule has 0 bridgehead atoms. The van der Waals surface area contributed by atoms with Gasteiger partial charge >= 0.3 is 5.97 Å². The highest BCUT2D eigenvalue weighted by Crippen LogP contribution is 2.32. The van der Waals surface area contributed by atoms with E-state index in [1.807, 2.05) is 4.68 Å². The lowest BCUT2D eigenvalue weighted by Crippen LogP contribution is -2.38. The standard InChI is InChI=1S/C12H19N5O2/c18-11(19)6-10-15-12-14-5-3-9(17(12)16-10)8-2-1-4-13-7-8/h8-9,13H,1-7H2,(H,18,19)(H,14,15,16). The predicted molar refractivity (Wildman–Crippen MR) is 69.1 cm³/mol. The molecule has 104 valence electrons. The van der Waals surface area contributed by atoms with Crippen LogP contribution in [0.2, 0.25) is 0 Å². The summed E-state index contributed by atoms with van der Waals surface area (Å²) < 4.78 is 1.90. The molecule has 2 unspecified atom stereocenters. The Morgan fingerprint density at radius 3 is 3.05 bits per heavy atom. The fourth-order valence-corrected chi connectivity index (χ4v) is 3.03. The maximum atomic E-state index is 10.7. The molecule has 3 heterocycles. The number of rotatable bonds is 3. The Kier molecular flexibility index (Phi) is 3.37. The van der Waals surface area contributed by atoms with E-state index in [4.69, 9.17) is 5.11 Å². The molecule has 0 spiro atoms. The number of hydrogen-bond donors (Lipinski definition) is 3. The van der Waals surface area contributed by atoms with E-state index in [9.17, 15) is 4.79 Å². The van der Waals surface area contributed by atoms with Crippen molar-refractivity contribution >= 4 is 11.9 Å². The molecule has 1 aromatic rings. The molecule has 3 rings (SSSR count). The van der Waals surface area contributed by atoms with Gasteiger partial charge in [-0.1, -0.05) is 0 Å². The molecule has 19 heavy (non-hydrogen) atoms. The maximum absolute atomic E-state index is 10.7. The number of aromatic nitrogens is 3. The van der Waals surface area contributed by atoms with Gasteiger partial charge in [0.05, 0.1) is 6.04 Å². The highest BCUT2D eigenvalue weighted by Gasteiger charge is 2.30. The Morgan fingerprint density at radius 2 is 2.32 bits per heavy atom. The minimum Gasteiger partial charge on any atom is -0.481 e. The summed E-state index contributed by atoms with van der Waals surface area (Å²) in [6.45, 7) is 2.99. The number of carbonyl (C=O) groups is 1. The van der Waals surface area contributed by atoms with Crippen LogP contribution in [-0.2, 0) is 11.2 Å². The van der Waals surface area contributed by atoms with Gasteiger partial charge in [0.15, 0.2) is 5.82 Å². The zero-order chi connectivity index (χ0) is 13.2. The number of hydrogen-bond acceptors (Lipinski definition) is 5. The van der Waals surface area contributed by atoms with Crippen LogP contribution in [0.5, 0.6) is 0 Å². The summed E-state index contributed by atoms with van der Waals surface area (Å²) in [7, 11) is 0. The number of carboxylic acid groups (broad SMARTS) is 1. The minimum atomic E-state index is -0.890. The first-order valence-corrected chi connectivity index (χ1v) is 6.86. The van der Waals surface area contributed by atoms with Gasteiger partial charge in [-0.3, -0.25) is 4.79 Å². The molecule has 0 aromatic carbocycles. The Balaban J connectivity index is 1.82. The molecular weight excluding hydrogens is 246 g/mol. The van der Waals surface area contributed by atoms with Crippen molar-refractivity contribution in [2.24, 2.45) is 5.92 Å². The number of piperidine rings is 1. The van der Waals surface area contributed by atoms with Crippen molar-refractivity contribution in [3.05, 3.63) is 5.82 Å². The van der Waals surface area contributed by atoms with E-state index in [0.717, 1.165) is 32.0 Å². The van der Waals surface area contributed by atoms with E-state index in [1.54, 1.807) is 0 Å². The Bertz CT molecular complexity index is 467. The molecule has 2 aliphatic heterocycles. The van der Waals surface area contributed by atoms with Gasteiger partial charge in [-0.05, 0) is 38.3 Å². The zero-order valence-electron chi connectivity index (χ0n) is 10.8. The molecule has 2 atom stereocenters. The van der Waals surface area contributed by atoms with Crippen molar-refractivity contribution in [1.29, 1.82) is 0 Å². The first kappa shape index (κ1) is 12.4. The van der Waals surface area contributed by atoms with Gasteiger partial charge in [0.1, 0.15) is 6.42 Å². The highest BCUT2D eigenvalue weighted by atomic mass is 16.4. The van der Waals surface area contributed by atoms with Crippen LogP contribution in [0, 0.1) is 5.92 Å². The highest BCUT2D eigenvalue weighted by molar-refractivity contribution is 5.69. The molecule has 0 radical (unpaired) electrons. The molecule has 7 heteroatoms. The van der Waals surface area contributed by atoms with Gasteiger partial charge in [0, 0.05) is 6.54 Å². The summed E-state index contributed by atoms with van der Waals surface area (Å²) in [6, 6.07) is 0.332. The second kappa shape index (κ2) is 5.16. The maximum Gasteiger partial charge on any atom is 0.311 e. The van der Waals surface area contributed by atoms with Gasteiger partial charge in [-0.25, -0.2) is 4.68 Å². The summed E-state index contributed by atoms with van der Waals surface area (Å²) in [4.78, 5) is 15.0. The van der Waals surface area contributed by atoms with E-state index < -0.39 is 5.97 Å². The molecule has 3 N–H and O–H groups in total. The lowest BCUT2D eigenvalue weighted by Gasteiger charge is -2.34. The third kappa shape index (κ3) is 2.56. The van der Waals surface area contributed by atoms with Crippen LogP contribution in [0.15, 0.2) is 0 Å². The van der Waals surface area contributed by atoms with Crippen molar-refractivity contribution in [3.8, 4) is 0 Å². The smallest absolute Gasteiger partial charge is 0.311 e. The van der Waals surface area contributed by atoms with Crippen LogP contribution >= 0.6 is 0 Å². The molecule has 7 nitrogen and oxygen atoms in total. The normalized spacial score (nSPS) is 26.5. The Morgan fingerprint density at radius 1 is 1.42 bits per heavy atom. The molecule has 1 fully saturated rings. The summed E-state index contributed by atoms with van der Waals surface area (Å²) in [6.07, 6.45) is 3.30. The second-order valence-electron chi connectivity index (χ2n) is 5.26. The van der Waals surface area contributed by atoms with Crippen molar-refractivity contribution in [1.82, 2.24) is 20.1 Å². The van der Waals surface area contributed by atoms with Crippen molar-refractivity contribution in [2.75, 3.05) is 25.0 Å². The van der Waals surface area contributed by atoms with Crippen LogP contribution in [0.4, 0.5) is 5.95 Å². The predicted octanol–water partition coefficient (Wildman–Crippen LogP) is 0.261. The first-order chi connectivity index (χ1) is 9.24. The van der Waals surface area contributed by atoms with Crippen LogP contribution in [-0.4, -0.2) is 45.5 Å². The molecule has 0 amide bonds. The van der Waals surface area contributed by atoms with E-state index in [0.29, 0.717) is 17.8 Å². The quantitative estimate of drug-likeness (QED) is 0.726. The molecule has 1 saturated heterocycles. The van der Waals surface area contributed by atoms with E-state index >= 15 is 0 Å². The van der Waals surface area contributed by atoms with Crippen molar-refractivity contribution < 1.29 is 9.90 Å². The van der Waals surface area contributed by atoms with Crippen molar-refractivity contribution in [2.45, 2.75) is 31.7 Å². The van der Waals surface area contributed by atoms with Gasteiger partial charge in [-0.2, -0.15) is 10.1 Å². The lowest BCUT2D eigenvalue weighted by atomic mass is 9.89. The fraction of sp³-hybridized carbons (Fsp3) is 0.750. The second-order valence-corrected chi connectivity index (χ2v) is 5.26.